The fourth-order valence-electron chi connectivity index (χ4n) is 1.57. The van der Waals surface area contributed by atoms with E-state index in [1.165, 1.54) is 9.26 Å². The van der Waals surface area contributed by atoms with Gasteiger partial charge in [0.15, 0.2) is 0 Å². The lowest BCUT2D eigenvalue weighted by atomic mass is 10.2. The highest BCUT2D eigenvalue weighted by Crippen LogP contribution is 2.16. The van der Waals surface area contributed by atoms with Crippen LogP contribution in [0.2, 0.25) is 0 Å². The minimum atomic E-state index is 1.10. The van der Waals surface area contributed by atoms with Crippen LogP contribution in [-0.4, -0.2) is 26.2 Å². The summed E-state index contributed by atoms with van der Waals surface area (Å²) >= 11 is 2.34. The number of nitrogens with one attached hydrogen (secondary N) is 1. The Kier molecular flexibility index (Phi) is 3.05. The molecule has 0 bridgehead atoms. The van der Waals surface area contributed by atoms with Crippen LogP contribution in [0.3, 0.4) is 0 Å². The molecule has 0 amide bonds. The van der Waals surface area contributed by atoms with Crippen LogP contribution in [0.4, 0.5) is 5.69 Å². The summed E-state index contributed by atoms with van der Waals surface area (Å²) in [5.74, 6) is 0. The molecule has 2 rings (SSSR count). The van der Waals surface area contributed by atoms with E-state index >= 15 is 0 Å². The Morgan fingerprint density at radius 2 is 1.69 bits per heavy atom. The first kappa shape index (κ1) is 9.27. The lowest BCUT2D eigenvalue weighted by molar-refractivity contribution is 0.589. The second-order valence-electron chi connectivity index (χ2n) is 3.21. The molecule has 1 heterocycles. The van der Waals surface area contributed by atoms with Crippen LogP contribution >= 0.6 is 22.6 Å². The third-order valence-corrected chi connectivity index (χ3v) is 3.03. The monoisotopic (exact) mass is 288 g/mol. The van der Waals surface area contributed by atoms with E-state index in [1.54, 1.807) is 0 Å². The number of nitrogens with zero attached hydrogens (tertiary/aromatic N) is 1. The summed E-state index contributed by atoms with van der Waals surface area (Å²) < 4.78 is 1.30. The zero-order valence-electron chi connectivity index (χ0n) is 7.46. The number of anilines is 1. The minimum Gasteiger partial charge on any atom is -0.369 e. The van der Waals surface area contributed by atoms with E-state index in [2.05, 4.69) is 57.1 Å². The maximum atomic E-state index is 3.35. The van der Waals surface area contributed by atoms with Crippen molar-refractivity contribution < 1.29 is 0 Å². The Morgan fingerprint density at radius 3 is 2.31 bits per heavy atom. The predicted molar refractivity (Wildman–Crippen MR) is 64.2 cm³/mol. The van der Waals surface area contributed by atoms with Crippen molar-refractivity contribution in [1.29, 1.82) is 0 Å². The highest BCUT2D eigenvalue weighted by molar-refractivity contribution is 14.1. The molecular formula is C10H13IN2. The van der Waals surface area contributed by atoms with Crippen molar-refractivity contribution in [3.63, 3.8) is 0 Å². The molecule has 1 aliphatic rings. The molecule has 1 N–H and O–H groups in total. The predicted octanol–water partition coefficient (Wildman–Crippen LogP) is 1.70. The van der Waals surface area contributed by atoms with Crippen molar-refractivity contribution in [3.8, 4) is 0 Å². The highest BCUT2D eigenvalue weighted by atomic mass is 127. The molecule has 0 radical (unpaired) electrons. The van der Waals surface area contributed by atoms with E-state index in [-0.39, 0.29) is 0 Å². The molecule has 1 aromatic carbocycles. The van der Waals surface area contributed by atoms with Gasteiger partial charge in [0.25, 0.3) is 0 Å². The van der Waals surface area contributed by atoms with Crippen molar-refractivity contribution in [2.75, 3.05) is 31.1 Å². The zero-order chi connectivity index (χ0) is 9.10. The molecule has 0 saturated carbocycles. The molecule has 13 heavy (non-hydrogen) atoms. The smallest absolute Gasteiger partial charge is 0.0367 e. The molecule has 0 unspecified atom stereocenters. The number of benzene rings is 1. The van der Waals surface area contributed by atoms with Gasteiger partial charge in [0.2, 0.25) is 0 Å². The molecule has 2 nitrogen and oxygen atoms in total. The first-order valence-electron chi connectivity index (χ1n) is 4.57. The summed E-state index contributed by atoms with van der Waals surface area (Å²) in [6.45, 7) is 4.46. The number of hydrogen-bond donors (Lipinski definition) is 1. The molecule has 0 spiro atoms. The molecule has 3 heteroatoms. The van der Waals surface area contributed by atoms with E-state index in [0.29, 0.717) is 0 Å². The average Bonchev–Trinajstić information content (AvgIpc) is 2.20. The molecule has 1 aliphatic heterocycles. The molecule has 1 aromatic rings. The van der Waals surface area contributed by atoms with Gasteiger partial charge in [-0.2, -0.15) is 0 Å². The van der Waals surface area contributed by atoms with E-state index in [4.69, 9.17) is 0 Å². The standard InChI is InChI=1S/C10H13IN2/c11-9-1-3-10(4-2-9)13-7-5-12-6-8-13/h1-4,12H,5-8H2. The van der Waals surface area contributed by atoms with E-state index in [9.17, 15) is 0 Å². The third-order valence-electron chi connectivity index (χ3n) is 2.31. The molecule has 70 valence electrons. The normalized spacial score (nSPS) is 17.5. The van der Waals surface area contributed by atoms with Crippen LogP contribution in [0.1, 0.15) is 0 Å². The van der Waals surface area contributed by atoms with Crippen LogP contribution in [0, 0.1) is 3.57 Å². The van der Waals surface area contributed by atoms with Gasteiger partial charge in [-0.05, 0) is 46.9 Å². The largest absolute Gasteiger partial charge is 0.369 e. The Bertz CT molecular complexity index is 265. The first-order chi connectivity index (χ1) is 6.36. The quantitative estimate of drug-likeness (QED) is 0.791. The van der Waals surface area contributed by atoms with Crippen molar-refractivity contribution in [2.45, 2.75) is 0 Å². The number of halogens is 1. The Labute approximate surface area is 92.5 Å². The van der Waals surface area contributed by atoms with Crippen molar-refractivity contribution in [1.82, 2.24) is 5.32 Å². The zero-order valence-corrected chi connectivity index (χ0v) is 9.62. The summed E-state index contributed by atoms with van der Waals surface area (Å²) in [7, 11) is 0. The van der Waals surface area contributed by atoms with Crippen LogP contribution in [-0.2, 0) is 0 Å². The van der Waals surface area contributed by atoms with Gasteiger partial charge < -0.3 is 10.2 Å². The first-order valence-corrected chi connectivity index (χ1v) is 5.65. The Balaban J connectivity index is 2.10. The van der Waals surface area contributed by atoms with Crippen LogP contribution in [0.15, 0.2) is 24.3 Å². The third kappa shape index (κ3) is 2.34. The second kappa shape index (κ2) is 4.28. The van der Waals surface area contributed by atoms with E-state index in [0.717, 1.165) is 26.2 Å². The minimum absolute atomic E-state index is 1.10. The highest BCUT2D eigenvalue weighted by Gasteiger charge is 2.09. The van der Waals surface area contributed by atoms with E-state index in [1.807, 2.05) is 0 Å². The second-order valence-corrected chi connectivity index (χ2v) is 4.46. The maximum absolute atomic E-state index is 3.35. The van der Waals surface area contributed by atoms with Crippen LogP contribution in [0.5, 0.6) is 0 Å². The number of piperazine rings is 1. The fraction of sp³-hybridized carbons (Fsp3) is 0.400. The topological polar surface area (TPSA) is 15.3 Å². The molecule has 0 aliphatic carbocycles. The lowest BCUT2D eigenvalue weighted by Crippen LogP contribution is -2.43. The van der Waals surface area contributed by atoms with Crippen molar-refractivity contribution in [3.05, 3.63) is 27.8 Å². The summed E-state index contributed by atoms with van der Waals surface area (Å²) in [6, 6.07) is 8.73. The molecule has 1 fully saturated rings. The van der Waals surface area contributed by atoms with E-state index < -0.39 is 0 Å². The lowest BCUT2D eigenvalue weighted by Gasteiger charge is -2.29. The summed E-state index contributed by atoms with van der Waals surface area (Å²) in [6.07, 6.45) is 0. The summed E-state index contributed by atoms with van der Waals surface area (Å²) in [4.78, 5) is 2.42. The number of hydrogen-bond acceptors (Lipinski definition) is 2. The fourth-order valence-corrected chi connectivity index (χ4v) is 1.93. The van der Waals surface area contributed by atoms with Gasteiger partial charge in [-0.15, -0.1) is 0 Å². The summed E-state index contributed by atoms with van der Waals surface area (Å²) in [5.41, 5.74) is 1.35. The van der Waals surface area contributed by atoms with Gasteiger partial charge in [0.1, 0.15) is 0 Å². The summed E-state index contributed by atoms with van der Waals surface area (Å²) in [5, 5.41) is 3.35. The SMILES string of the molecule is Ic1ccc(N2CCNCC2)cc1. The number of rotatable bonds is 1. The van der Waals surface area contributed by atoms with Gasteiger partial charge in [0.05, 0.1) is 0 Å². The van der Waals surface area contributed by atoms with Crippen molar-refractivity contribution in [2.24, 2.45) is 0 Å². The van der Waals surface area contributed by atoms with Gasteiger partial charge in [-0.1, -0.05) is 0 Å². The van der Waals surface area contributed by atoms with Gasteiger partial charge in [0, 0.05) is 35.4 Å². The molecular weight excluding hydrogens is 275 g/mol. The Hall–Kier alpha value is -0.290. The van der Waals surface area contributed by atoms with Crippen LogP contribution < -0.4 is 10.2 Å². The molecule has 0 aromatic heterocycles. The molecule has 1 saturated heterocycles. The van der Waals surface area contributed by atoms with Gasteiger partial charge in [-0.25, -0.2) is 0 Å². The van der Waals surface area contributed by atoms with Crippen LogP contribution in [0.25, 0.3) is 0 Å². The Morgan fingerprint density at radius 1 is 1.08 bits per heavy atom. The van der Waals surface area contributed by atoms with Crippen molar-refractivity contribution >= 4 is 28.3 Å². The maximum Gasteiger partial charge on any atom is 0.0367 e. The average molecular weight is 288 g/mol. The van der Waals surface area contributed by atoms with Gasteiger partial charge in [-0.3, -0.25) is 0 Å². The van der Waals surface area contributed by atoms with Gasteiger partial charge >= 0.3 is 0 Å². The molecule has 0 atom stereocenters.